The fourth-order valence-electron chi connectivity index (χ4n) is 1.81. The molecule has 0 atom stereocenters. The minimum atomic E-state index is 0.373. The molecule has 0 aliphatic carbocycles. The summed E-state index contributed by atoms with van der Waals surface area (Å²) < 4.78 is 0.373. The van der Waals surface area contributed by atoms with Crippen LogP contribution in [0.1, 0.15) is 40.0 Å². The van der Waals surface area contributed by atoms with Crippen LogP contribution in [0.15, 0.2) is 4.99 Å². The number of hydrogen-bond acceptors (Lipinski definition) is 3. The van der Waals surface area contributed by atoms with E-state index in [1.165, 1.54) is 12.8 Å². The summed E-state index contributed by atoms with van der Waals surface area (Å²) in [7, 11) is 0. The number of nitrogens with zero attached hydrogens (tertiary/aromatic N) is 2. The monoisotopic (exact) mass is 258 g/mol. The molecule has 0 unspecified atom stereocenters. The lowest BCUT2D eigenvalue weighted by molar-refractivity contribution is 0.407. The first kappa shape index (κ1) is 14.6. The Morgan fingerprint density at radius 2 is 2.24 bits per heavy atom. The second kappa shape index (κ2) is 7.11. The molecule has 0 bridgehead atoms. The predicted molar refractivity (Wildman–Crippen MR) is 77.3 cm³/mol. The molecule has 1 aliphatic heterocycles. The van der Waals surface area contributed by atoms with Crippen LogP contribution < -0.4 is 11.3 Å². The lowest BCUT2D eigenvalue weighted by atomic mass is 10.1. The molecule has 1 aliphatic rings. The maximum atomic E-state index is 5.58. The molecule has 0 aromatic heterocycles. The number of aliphatic imine (C=N–C) groups is 1. The summed E-state index contributed by atoms with van der Waals surface area (Å²) in [5.74, 6) is 7.57. The van der Waals surface area contributed by atoms with Crippen LogP contribution in [0.3, 0.4) is 0 Å². The van der Waals surface area contributed by atoms with E-state index in [9.17, 15) is 0 Å². The van der Waals surface area contributed by atoms with Crippen LogP contribution in [-0.2, 0) is 0 Å². The molecule has 0 amide bonds. The molecule has 1 rings (SSSR count). The molecule has 5 heteroatoms. The largest absolute Gasteiger partial charge is 0.341 e. The van der Waals surface area contributed by atoms with Gasteiger partial charge in [-0.2, -0.15) is 11.8 Å². The molecule has 17 heavy (non-hydrogen) atoms. The number of hydrogen-bond donors (Lipinski definition) is 2. The van der Waals surface area contributed by atoms with Crippen LogP contribution in [-0.4, -0.2) is 41.0 Å². The minimum Gasteiger partial charge on any atom is -0.341 e. The van der Waals surface area contributed by atoms with Gasteiger partial charge in [0.15, 0.2) is 0 Å². The Morgan fingerprint density at radius 3 is 2.88 bits per heavy atom. The average Bonchev–Trinajstić information content (AvgIpc) is 2.46. The summed E-state index contributed by atoms with van der Waals surface area (Å²) in [6, 6.07) is 0. The van der Waals surface area contributed by atoms with E-state index in [4.69, 9.17) is 5.84 Å². The lowest BCUT2D eigenvalue weighted by Gasteiger charge is -2.24. The zero-order valence-electron chi connectivity index (χ0n) is 11.3. The van der Waals surface area contributed by atoms with Gasteiger partial charge in [-0.05, 0) is 12.8 Å². The molecule has 1 heterocycles. The van der Waals surface area contributed by atoms with Gasteiger partial charge in [0.1, 0.15) is 0 Å². The zero-order chi connectivity index (χ0) is 12.7. The van der Waals surface area contributed by atoms with Crippen molar-refractivity contribution in [3.05, 3.63) is 0 Å². The van der Waals surface area contributed by atoms with Gasteiger partial charge in [0.2, 0.25) is 5.96 Å². The van der Waals surface area contributed by atoms with Gasteiger partial charge in [-0.15, -0.1) is 0 Å². The lowest BCUT2D eigenvalue weighted by Crippen LogP contribution is -2.46. The number of thioether (sulfide) groups is 1. The summed E-state index contributed by atoms with van der Waals surface area (Å²) in [6.07, 6.45) is 3.47. The van der Waals surface area contributed by atoms with Gasteiger partial charge < -0.3 is 4.90 Å². The molecule has 3 N–H and O–H groups in total. The Kier molecular flexibility index (Phi) is 6.12. The molecule has 0 spiro atoms. The summed E-state index contributed by atoms with van der Waals surface area (Å²) in [5.41, 5.74) is 2.75. The van der Waals surface area contributed by atoms with Gasteiger partial charge in [-0.25, -0.2) is 5.84 Å². The fourth-order valence-corrected chi connectivity index (χ4v) is 2.91. The Morgan fingerprint density at radius 1 is 1.47 bits per heavy atom. The summed E-state index contributed by atoms with van der Waals surface area (Å²) in [6.45, 7) is 9.73. The van der Waals surface area contributed by atoms with E-state index < -0.39 is 0 Å². The third-order valence-corrected chi connectivity index (χ3v) is 4.41. The molecule has 0 aromatic rings. The summed E-state index contributed by atoms with van der Waals surface area (Å²) in [5, 5.41) is 0. The number of guanidine groups is 1. The number of rotatable bonds is 3. The summed E-state index contributed by atoms with van der Waals surface area (Å²) in [4.78, 5) is 6.82. The minimum absolute atomic E-state index is 0.373. The van der Waals surface area contributed by atoms with Gasteiger partial charge in [-0.3, -0.25) is 10.4 Å². The fraction of sp³-hybridized carbons (Fsp3) is 0.917. The molecule has 0 aromatic carbocycles. The Bertz CT molecular complexity index is 253. The molecule has 1 fully saturated rings. The first-order chi connectivity index (χ1) is 8.09. The van der Waals surface area contributed by atoms with Gasteiger partial charge in [-0.1, -0.05) is 27.2 Å². The van der Waals surface area contributed by atoms with E-state index >= 15 is 0 Å². The van der Waals surface area contributed by atoms with Gasteiger partial charge in [0, 0.05) is 30.1 Å². The molecule has 1 saturated heterocycles. The van der Waals surface area contributed by atoms with Crippen LogP contribution in [0.25, 0.3) is 0 Å². The standard InChI is InChI=1S/C12H26N4S/c1-4-5-7-14-11(15-13)16-8-6-12(2,3)17-10-9-16/h4-10,13H2,1-3H3,(H,14,15). The van der Waals surface area contributed by atoms with Crippen molar-refractivity contribution in [1.29, 1.82) is 0 Å². The first-order valence-electron chi connectivity index (χ1n) is 6.49. The third-order valence-electron chi connectivity index (χ3n) is 3.04. The molecule has 0 radical (unpaired) electrons. The SMILES string of the molecule is CCCCN=C(NN)N1CCSC(C)(C)CC1. The van der Waals surface area contributed by atoms with Crippen molar-refractivity contribution >= 4 is 17.7 Å². The molecular weight excluding hydrogens is 232 g/mol. The van der Waals surface area contributed by atoms with Crippen LogP contribution in [0.2, 0.25) is 0 Å². The molecule has 100 valence electrons. The topological polar surface area (TPSA) is 53.6 Å². The highest BCUT2D eigenvalue weighted by Gasteiger charge is 2.24. The first-order valence-corrected chi connectivity index (χ1v) is 7.47. The van der Waals surface area contributed by atoms with Gasteiger partial charge in [0.25, 0.3) is 0 Å². The van der Waals surface area contributed by atoms with E-state index in [2.05, 4.69) is 36.1 Å². The van der Waals surface area contributed by atoms with E-state index in [1.807, 2.05) is 11.8 Å². The van der Waals surface area contributed by atoms with Gasteiger partial charge >= 0.3 is 0 Å². The van der Waals surface area contributed by atoms with Crippen molar-refractivity contribution in [2.45, 2.75) is 44.8 Å². The van der Waals surface area contributed by atoms with Crippen LogP contribution in [0, 0.1) is 0 Å². The Balaban J connectivity index is 2.54. The van der Waals surface area contributed by atoms with Crippen molar-refractivity contribution in [3.63, 3.8) is 0 Å². The Labute approximate surface area is 109 Å². The smallest absolute Gasteiger partial charge is 0.208 e. The second-order valence-electron chi connectivity index (χ2n) is 5.05. The molecular formula is C12H26N4S. The van der Waals surface area contributed by atoms with Crippen LogP contribution in [0.4, 0.5) is 0 Å². The molecule has 4 nitrogen and oxygen atoms in total. The van der Waals surface area contributed by atoms with Crippen molar-refractivity contribution in [3.8, 4) is 0 Å². The maximum absolute atomic E-state index is 5.58. The summed E-state index contributed by atoms with van der Waals surface area (Å²) >= 11 is 2.04. The highest BCUT2D eigenvalue weighted by atomic mass is 32.2. The highest BCUT2D eigenvalue weighted by Crippen LogP contribution is 2.30. The van der Waals surface area contributed by atoms with Crippen LogP contribution >= 0.6 is 11.8 Å². The van der Waals surface area contributed by atoms with Crippen molar-refractivity contribution in [2.75, 3.05) is 25.4 Å². The Hall–Kier alpha value is -0.420. The van der Waals surface area contributed by atoms with E-state index in [0.29, 0.717) is 4.75 Å². The van der Waals surface area contributed by atoms with Crippen LogP contribution in [0.5, 0.6) is 0 Å². The van der Waals surface area contributed by atoms with Gasteiger partial charge in [0.05, 0.1) is 0 Å². The van der Waals surface area contributed by atoms with E-state index in [-0.39, 0.29) is 0 Å². The quantitative estimate of drug-likeness (QED) is 0.267. The van der Waals surface area contributed by atoms with E-state index in [1.54, 1.807) is 0 Å². The number of nitrogens with one attached hydrogen (secondary N) is 1. The van der Waals surface area contributed by atoms with Crippen molar-refractivity contribution in [1.82, 2.24) is 10.3 Å². The predicted octanol–water partition coefficient (Wildman–Crippen LogP) is 1.82. The normalized spacial score (nSPS) is 21.2. The highest BCUT2D eigenvalue weighted by molar-refractivity contribution is 8.00. The third kappa shape index (κ3) is 5.17. The maximum Gasteiger partial charge on any atom is 0.208 e. The van der Waals surface area contributed by atoms with Crippen molar-refractivity contribution < 1.29 is 0 Å². The average molecular weight is 258 g/mol. The van der Waals surface area contributed by atoms with Crippen molar-refractivity contribution in [2.24, 2.45) is 10.8 Å². The number of hydrazine groups is 1. The number of nitrogens with two attached hydrogens (primary N) is 1. The molecule has 0 saturated carbocycles. The second-order valence-corrected chi connectivity index (χ2v) is 6.85. The zero-order valence-corrected chi connectivity index (χ0v) is 12.1. The van der Waals surface area contributed by atoms with E-state index in [0.717, 1.165) is 37.8 Å². The number of unbranched alkanes of at least 4 members (excludes halogenated alkanes) is 1.